The molecule has 0 aliphatic carbocycles. The van der Waals surface area contributed by atoms with Crippen LogP contribution >= 0.6 is 11.3 Å². The molecule has 0 radical (unpaired) electrons. The topological polar surface area (TPSA) is 17.3 Å². The summed E-state index contributed by atoms with van der Waals surface area (Å²) in [4.78, 5) is 7.47. The summed E-state index contributed by atoms with van der Waals surface area (Å²) in [5, 5.41) is 0. The molecule has 0 aliphatic heterocycles. The van der Waals surface area contributed by atoms with Crippen LogP contribution in [0.5, 0.6) is 0 Å². The molecular formula is C26H38N2S. The van der Waals surface area contributed by atoms with Gasteiger partial charge in [0.1, 0.15) is 0 Å². The Kier molecular flexibility index (Phi) is 9.27. The van der Waals surface area contributed by atoms with Gasteiger partial charge >= 0.3 is 0 Å². The van der Waals surface area contributed by atoms with E-state index >= 15 is 0 Å². The third kappa shape index (κ3) is 6.99. The normalized spacial score (nSPS) is 11.5. The predicted octanol–water partition coefficient (Wildman–Crippen LogP) is 8.48. The first-order chi connectivity index (χ1) is 14.3. The van der Waals surface area contributed by atoms with E-state index in [9.17, 15) is 0 Å². The number of hydrogen-bond acceptors (Lipinski definition) is 2. The Morgan fingerprint density at radius 1 is 0.724 bits per heavy atom. The molecule has 2 nitrogen and oxygen atoms in total. The van der Waals surface area contributed by atoms with Crippen molar-refractivity contribution in [3.63, 3.8) is 0 Å². The predicted molar refractivity (Wildman–Crippen MR) is 128 cm³/mol. The summed E-state index contributed by atoms with van der Waals surface area (Å²) >= 11 is 1.85. The van der Waals surface area contributed by atoms with E-state index in [4.69, 9.17) is 4.98 Å². The summed E-state index contributed by atoms with van der Waals surface area (Å²) in [6, 6.07) is 9.05. The Bertz CT molecular complexity index is 797. The first-order valence-electron chi connectivity index (χ1n) is 11.9. The molecule has 3 aromatic rings. The molecule has 0 saturated carbocycles. The van der Waals surface area contributed by atoms with Crippen molar-refractivity contribution in [1.82, 2.24) is 9.38 Å². The van der Waals surface area contributed by atoms with Gasteiger partial charge in [0.15, 0.2) is 4.96 Å². The Morgan fingerprint density at radius 2 is 1.34 bits per heavy atom. The Labute approximate surface area is 181 Å². The van der Waals surface area contributed by atoms with Crippen LogP contribution in [0, 0.1) is 0 Å². The second-order valence-electron chi connectivity index (χ2n) is 8.39. The average Bonchev–Trinajstić information content (AvgIpc) is 3.30. The summed E-state index contributed by atoms with van der Waals surface area (Å²) < 4.78 is 2.22. The minimum atomic E-state index is 1.09. The molecule has 3 rings (SSSR count). The molecule has 2 aromatic heterocycles. The van der Waals surface area contributed by atoms with Crippen molar-refractivity contribution < 1.29 is 0 Å². The van der Waals surface area contributed by atoms with Crippen molar-refractivity contribution in [3.05, 3.63) is 47.1 Å². The van der Waals surface area contributed by atoms with E-state index < -0.39 is 0 Å². The lowest BCUT2D eigenvalue weighted by atomic mass is 10.0. The van der Waals surface area contributed by atoms with E-state index in [1.807, 2.05) is 11.3 Å². The highest BCUT2D eigenvalue weighted by atomic mass is 32.1. The van der Waals surface area contributed by atoms with Crippen molar-refractivity contribution in [3.8, 4) is 11.3 Å². The largest absolute Gasteiger partial charge is 0.297 e. The molecule has 29 heavy (non-hydrogen) atoms. The van der Waals surface area contributed by atoms with Crippen molar-refractivity contribution in [2.75, 3.05) is 0 Å². The smallest absolute Gasteiger partial charge is 0.194 e. The number of unbranched alkanes of at least 4 members (excludes halogenated alkanes) is 9. The number of aromatic nitrogens is 2. The highest BCUT2D eigenvalue weighted by molar-refractivity contribution is 7.17. The highest BCUT2D eigenvalue weighted by Gasteiger charge is 2.08. The zero-order chi connectivity index (χ0) is 20.3. The third-order valence-electron chi connectivity index (χ3n) is 5.80. The van der Waals surface area contributed by atoms with E-state index in [1.165, 1.54) is 99.5 Å². The minimum absolute atomic E-state index is 1.09. The van der Waals surface area contributed by atoms with Crippen molar-refractivity contribution >= 4 is 16.3 Å². The fraction of sp³-hybridized carbons (Fsp3) is 0.577. The number of benzene rings is 1. The standard InChI is InChI=1S/C26H38N2S/c1-3-5-7-9-11-13-15-24-20-28-21-25(27-26(28)29-24)23-18-16-22(17-19-23)14-12-10-8-6-4-2/h16-21H,3-15H2,1-2H3. The van der Waals surface area contributed by atoms with Crippen molar-refractivity contribution in [2.24, 2.45) is 0 Å². The van der Waals surface area contributed by atoms with Gasteiger partial charge < -0.3 is 0 Å². The molecule has 3 heteroatoms. The van der Waals surface area contributed by atoms with Gasteiger partial charge in [0, 0.05) is 22.8 Å². The number of nitrogens with zero attached hydrogens (tertiary/aromatic N) is 2. The van der Waals surface area contributed by atoms with Crippen LogP contribution in [-0.2, 0) is 12.8 Å². The molecule has 0 N–H and O–H groups in total. The lowest BCUT2D eigenvalue weighted by Crippen LogP contribution is -1.87. The molecule has 0 atom stereocenters. The van der Waals surface area contributed by atoms with Gasteiger partial charge in [0.05, 0.1) is 5.69 Å². The van der Waals surface area contributed by atoms with Crippen LogP contribution in [-0.4, -0.2) is 9.38 Å². The highest BCUT2D eigenvalue weighted by Crippen LogP contribution is 2.25. The average molecular weight is 411 g/mol. The summed E-state index contributed by atoms with van der Waals surface area (Å²) in [6.45, 7) is 4.55. The molecule has 0 bridgehead atoms. The van der Waals surface area contributed by atoms with E-state index in [0.29, 0.717) is 0 Å². The third-order valence-corrected chi connectivity index (χ3v) is 6.86. The summed E-state index contributed by atoms with van der Waals surface area (Å²) in [6.07, 6.45) is 21.7. The molecule has 0 spiro atoms. The molecule has 0 aliphatic rings. The van der Waals surface area contributed by atoms with E-state index in [1.54, 1.807) is 0 Å². The number of rotatable bonds is 14. The summed E-state index contributed by atoms with van der Waals surface area (Å²) in [5.41, 5.74) is 3.78. The van der Waals surface area contributed by atoms with Crippen LogP contribution < -0.4 is 0 Å². The fourth-order valence-electron chi connectivity index (χ4n) is 3.95. The monoisotopic (exact) mass is 410 g/mol. The van der Waals surface area contributed by atoms with Gasteiger partial charge in [-0.2, -0.15) is 0 Å². The Hall–Kier alpha value is -1.61. The van der Waals surface area contributed by atoms with Crippen LogP contribution in [0.15, 0.2) is 36.7 Å². The zero-order valence-corrected chi connectivity index (χ0v) is 19.3. The van der Waals surface area contributed by atoms with Crippen LogP contribution in [0.25, 0.3) is 16.2 Å². The van der Waals surface area contributed by atoms with Gasteiger partial charge in [0.2, 0.25) is 0 Å². The maximum absolute atomic E-state index is 4.88. The van der Waals surface area contributed by atoms with Crippen molar-refractivity contribution in [2.45, 2.75) is 97.3 Å². The van der Waals surface area contributed by atoms with Crippen molar-refractivity contribution in [1.29, 1.82) is 0 Å². The Morgan fingerprint density at radius 3 is 2.00 bits per heavy atom. The molecule has 0 unspecified atom stereocenters. The van der Waals surface area contributed by atoms with Gasteiger partial charge in [-0.05, 0) is 31.2 Å². The molecule has 0 amide bonds. The van der Waals surface area contributed by atoms with Gasteiger partial charge in [0.25, 0.3) is 0 Å². The van der Waals surface area contributed by atoms with E-state index in [-0.39, 0.29) is 0 Å². The molecule has 2 heterocycles. The summed E-state index contributed by atoms with van der Waals surface area (Å²) in [7, 11) is 0. The number of hydrogen-bond donors (Lipinski definition) is 0. The van der Waals surface area contributed by atoms with Crippen LogP contribution in [0.3, 0.4) is 0 Å². The van der Waals surface area contributed by atoms with Gasteiger partial charge in [-0.3, -0.25) is 4.40 Å². The van der Waals surface area contributed by atoms with Gasteiger partial charge in [-0.25, -0.2) is 4.98 Å². The van der Waals surface area contributed by atoms with E-state index in [2.05, 4.69) is 54.9 Å². The molecule has 0 fully saturated rings. The van der Waals surface area contributed by atoms with E-state index in [0.717, 1.165) is 10.7 Å². The lowest BCUT2D eigenvalue weighted by Gasteiger charge is -2.03. The van der Waals surface area contributed by atoms with Gasteiger partial charge in [-0.15, -0.1) is 11.3 Å². The maximum Gasteiger partial charge on any atom is 0.194 e. The maximum atomic E-state index is 4.88. The zero-order valence-electron chi connectivity index (χ0n) is 18.5. The number of aryl methyl sites for hydroxylation is 2. The summed E-state index contributed by atoms with van der Waals surface area (Å²) in [5.74, 6) is 0. The first-order valence-corrected chi connectivity index (χ1v) is 12.7. The second kappa shape index (κ2) is 12.2. The van der Waals surface area contributed by atoms with Crippen LogP contribution in [0.4, 0.5) is 0 Å². The minimum Gasteiger partial charge on any atom is -0.297 e. The van der Waals surface area contributed by atoms with Crippen LogP contribution in [0.1, 0.15) is 94.9 Å². The molecule has 1 aromatic carbocycles. The first kappa shape index (κ1) is 22.1. The molecular weight excluding hydrogens is 372 g/mol. The quantitative estimate of drug-likeness (QED) is 0.244. The number of fused-ring (bicyclic) bond motifs is 1. The van der Waals surface area contributed by atoms with Gasteiger partial charge in [-0.1, -0.05) is 95.9 Å². The Balaban J connectivity index is 1.48. The SMILES string of the molecule is CCCCCCCCc1cn2cc(-c3ccc(CCCCCCC)cc3)nc2s1. The molecule has 0 saturated heterocycles. The number of imidazole rings is 1. The number of thiazole rings is 1. The van der Waals surface area contributed by atoms with Crippen LogP contribution in [0.2, 0.25) is 0 Å². The fourth-order valence-corrected chi connectivity index (χ4v) is 4.95. The second-order valence-corrected chi connectivity index (χ2v) is 9.49. The molecule has 158 valence electrons. The lowest BCUT2D eigenvalue weighted by molar-refractivity contribution is 0.609.